The van der Waals surface area contributed by atoms with E-state index in [1.54, 1.807) is 4.90 Å². The number of nitrogens with zero attached hydrogens (tertiary/aromatic N) is 2. The van der Waals surface area contributed by atoms with Crippen LogP contribution in [0.3, 0.4) is 0 Å². The van der Waals surface area contributed by atoms with Gasteiger partial charge in [0.1, 0.15) is 17.7 Å². The molecule has 128 valence electrons. The maximum Gasteiger partial charge on any atom is 0.225 e. The maximum atomic E-state index is 13.2. The summed E-state index contributed by atoms with van der Waals surface area (Å²) >= 11 is 0. The first-order chi connectivity index (χ1) is 11.5. The molecule has 4 nitrogen and oxygen atoms in total. The Kier molecular flexibility index (Phi) is 4.81. The summed E-state index contributed by atoms with van der Waals surface area (Å²) in [6.07, 6.45) is 4.16. The van der Waals surface area contributed by atoms with Gasteiger partial charge in [-0.1, -0.05) is 6.42 Å². The van der Waals surface area contributed by atoms with Crippen molar-refractivity contribution in [3.63, 3.8) is 0 Å². The van der Waals surface area contributed by atoms with Crippen molar-refractivity contribution in [3.8, 4) is 6.07 Å². The van der Waals surface area contributed by atoms with Crippen molar-refractivity contribution in [1.82, 2.24) is 4.90 Å². The third-order valence-electron chi connectivity index (χ3n) is 5.13. The Bertz CT molecular complexity index is 652. The van der Waals surface area contributed by atoms with Crippen molar-refractivity contribution in [3.05, 3.63) is 35.4 Å². The van der Waals surface area contributed by atoms with Crippen molar-refractivity contribution >= 4 is 5.91 Å². The van der Waals surface area contributed by atoms with Crippen LogP contribution >= 0.6 is 0 Å². The summed E-state index contributed by atoms with van der Waals surface area (Å²) in [5.74, 6) is -1.00. The highest BCUT2D eigenvalue weighted by atomic mass is 19.1. The molecule has 0 radical (unpaired) electrons. The Hall–Kier alpha value is -2.00. The molecule has 1 aliphatic heterocycles. The minimum atomic E-state index is -0.651. The molecular weight excluding hydrogens is 312 g/mol. The fourth-order valence-electron chi connectivity index (χ4n) is 4.20. The average Bonchev–Trinajstić information content (AvgIpc) is 3.04. The van der Waals surface area contributed by atoms with E-state index in [9.17, 15) is 18.8 Å². The molecule has 4 atom stereocenters. The molecule has 0 spiro atoms. The molecule has 1 amide bonds. The number of hydrogen-bond acceptors (Lipinski definition) is 3. The molecule has 1 heterocycles. The van der Waals surface area contributed by atoms with E-state index < -0.39 is 17.7 Å². The summed E-state index contributed by atoms with van der Waals surface area (Å²) in [6.45, 7) is 0. The SMILES string of the molecule is N#C[C@@H]1C[C@@H]2CCC[C@@H]2N1C(=O)C[C@H](N)Cc1cc(F)cc(F)c1. The molecule has 2 aliphatic rings. The van der Waals surface area contributed by atoms with Gasteiger partial charge in [-0.05, 0) is 49.3 Å². The number of hydrogen-bond donors (Lipinski definition) is 1. The van der Waals surface area contributed by atoms with E-state index in [1.165, 1.54) is 12.1 Å². The van der Waals surface area contributed by atoms with Gasteiger partial charge in [0.2, 0.25) is 5.91 Å². The quantitative estimate of drug-likeness (QED) is 0.920. The van der Waals surface area contributed by atoms with Gasteiger partial charge in [-0.3, -0.25) is 4.79 Å². The zero-order valence-electron chi connectivity index (χ0n) is 13.4. The van der Waals surface area contributed by atoms with Crippen molar-refractivity contribution in [2.24, 2.45) is 11.7 Å². The molecular formula is C18H21F2N3O. The second-order valence-corrected chi connectivity index (χ2v) is 6.89. The van der Waals surface area contributed by atoms with Crippen LogP contribution in [0.5, 0.6) is 0 Å². The second-order valence-electron chi connectivity index (χ2n) is 6.89. The summed E-state index contributed by atoms with van der Waals surface area (Å²) in [7, 11) is 0. The number of nitrogens with two attached hydrogens (primary N) is 1. The van der Waals surface area contributed by atoms with Gasteiger partial charge in [-0.25, -0.2) is 8.78 Å². The Labute approximate surface area is 140 Å². The number of rotatable bonds is 4. The van der Waals surface area contributed by atoms with Crippen LogP contribution in [0.15, 0.2) is 18.2 Å². The first kappa shape index (κ1) is 16.8. The van der Waals surface area contributed by atoms with Gasteiger partial charge in [-0.15, -0.1) is 0 Å². The summed E-state index contributed by atoms with van der Waals surface area (Å²) < 4.78 is 26.5. The molecule has 1 aliphatic carbocycles. The molecule has 2 N–H and O–H groups in total. The maximum absolute atomic E-state index is 13.2. The van der Waals surface area contributed by atoms with Crippen molar-refractivity contribution < 1.29 is 13.6 Å². The smallest absolute Gasteiger partial charge is 0.225 e. The minimum absolute atomic E-state index is 0.0829. The van der Waals surface area contributed by atoms with E-state index in [2.05, 4.69) is 6.07 Å². The van der Waals surface area contributed by atoms with Gasteiger partial charge in [-0.2, -0.15) is 5.26 Å². The van der Waals surface area contributed by atoms with Crippen LogP contribution in [0.2, 0.25) is 0 Å². The number of carbonyl (C=O) groups excluding carboxylic acids is 1. The van der Waals surface area contributed by atoms with Crippen LogP contribution in [0.1, 0.15) is 37.7 Å². The molecule has 1 aromatic carbocycles. The number of likely N-dealkylation sites (tertiary alicyclic amines) is 1. The third kappa shape index (κ3) is 3.41. The first-order valence-corrected chi connectivity index (χ1v) is 8.39. The Morgan fingerprint density at radius 3 is 2.71 bits per heavy atom. The number of fused-ring (bicyclic) bond motifs is 1. The lowest BCUT2D eigenvalue weighted by Gasteiger charge is -2.27. The van der Waals surface area contributed by atoms with Crippen LogP contribution in [0.4, 0.5) is 8.78 Å². The standard InChI is InChI=1S/C18H21F2N3O/c19-13-4-11(5-14(20)8-13)6-15(22)9-18(24)23-16(10-21)7-12-2-1-3-17(12)23/h4-5,8,12,15-17H,1-3,6-7,9,22H2/t12-,15+,16-,17-/m0/s1. The lowest BCUT2D eigenvalue weighted by Crippen LogP contribution is -2.43. The molecule has 0 bridgehead atoms. The van der Waals surface area contributed by atoms with Gasteiger partial charge < -0.3 is 10.6 Å². The lowest BCUT2D eigenvalue weighted by atomic mass is 10.0. The van der Waals surface area contributed by atoms with Crippen LogP contribution < -0.4 is 5.73 Å². The molecule has 0 aromatic heterocycles. The van der Waals surface area contributed by atoms with Crippen molar-refractivity contribution in [2.75, 3.05) is 0 Å². The van der Waals surface area contributed by atoms with E-state index in [1.807, 2.05) is 0 Å². The van der Waals surface area contributed by atoms with Crippen molar-refractivity contribution in [1.29, 1.82) is 5.26 Å². The highest BCUT2D eigenvalue weighted by Gasteiger charge is 2.45. The molecule has 0 unspecified atom stereocenters. The first-order valence-electron chi connectivity index (χ1n) is 8.39. The monoisotopic (exact) mass is 333 g/mol. The van der Waals surface area contributed by atoms with Crippen LogP contribution in [-0.4, -0.2) is 28.9 Å². The molecule has 1 aromatic rings. The van der Waals surface area contributed by atoms with Gasteiger partial charge in [0.05, 0.1) is 6.07 Å². The molecule has 3 rings (SSSR count). The highest BCUT2D eigenvalue weighted by Crippen LogP contribution is 2.41. The highest BCUT2D eigenvalue weighted by molar-refractivity contribution is 5.78. The minimum Gasteiger partial charge on any atom is -0.327 e. The van der Waals surface area contributed by atoms with Crippen molar-refractivity contribution in [2.45, 2.75) is 56.7 Å². The fourth-order valence-corrected chi connectivity index (χ4v) is 4.20. The van der Waals surface area contributed by atoms with Gasteiger partial charge >= 0.3 is 0 Å². The summed E-state index contributed by atoms with van der Waals surface area (Å²) in [4.78, 5) is 14.4. The Balaban J connectivity index is 1.64. The molecule has 2 fully saturated rings. The predicted octanol–water partition coefficient (Wildman–Crippen LogP) is 2.52. The number of amides is 1. The summed E-state index contributed by atoms with van der Waals surface area (Å²) in [5.41, 5.74) is 6.46. The lowest BCUT2D eigenvalue weighted by molar-refractivity contribution is -0.133. The van der Waals surface area contributed by atoms with Crippen LogP contribution in [0, 0.1) is 28.9 Å². The van der Waals surface area contributed by atoms with E-state index in [-0.39, 0.29) is 30.8 Å². The van der Waals surface area contributed by atoms with E-state index in [0.29, 0.717) is 11.5 Å². The number of benzene rings is 1. The number of halogens is 2. The molecule has 6 heteroatoms. The fraction of sp³-hybridized carbons (Fsp3) is 0.556. The molecule has 1 saturated carbocycles. The van der Waals surface area contributed by atoms with E-state index in [0.717, 1.165) is 31.7 Å². The van der Waals surface area contributed by atoms with Gasteiger partial charge in [0, 0.05) is 24.6 Å². The predicted molar refractivity (Wildman–Crippen MR) is 84.6 cm³/mol. The average molecular weight is 333 g/mol. The molecule has 1 saturated heterocycles. The third-order valence-corrected chi connectivity index (χ3v) is 5.13. The zero-order valence-corrected chi connectivity index (χ0v) is 13.4. The Morgan fingerprint density at radius 1 is 1.33 bits per heavy atom. The van der Waals surface area contributed by atoms with Gasteiger partial charge in [0.25, 0.3) is 0 Å². The number of carbonyl (C=O) groups is 1. The van der Waals surface area contributed by atoms with Crippen LogP contribution in [0.25, 0.3) is 0 Å². The van der Waals surface area contributed by atoms with E-state index in [4.69, 9.17) is 5.73 Å². The second kappa shape index (κ2) is 6.86. The zero-order chi connectivity index (χ0) is 17.3. The normalized spacial score (nSPS) is 26.9. The molecule has 24 heavy (non-hydrogen) atoms. The van der Waals surface area contributed by atoms with Crippen LogP contribution in [-0.2, 0) is 11.2 Å². The summed E-state index contributed by atoms with van der Waals surface area (Å²) in [5, 5.41) is 9.31. The topological polar surface area (TPSA) is 70.1 Å². The Morgan fingerprint density at radius 2 is 2.04 bits per heavy atom. The van der Waals surface area contributed by atoms with Gasteiger partial charge in [0.15, 0.2) is 0 Å². The largest absolute Gasteiger partial charge is 0.327 e. The van der Waals surface area contributed by atoms with E-state index >= 15 is 0 Å². The number of nitriles is 1. The summed E-state index contributed by atoms with van der Waals surface area (Å²) in [6, 6.07) is 4.75.